The molecule has 0 aromatic carbocycles. The van der Waals surface area contributed by atoms with Gasteiger partial charge in [-0.15, -0.1) is 0 Å². The van der Waals surface area contributed by atoms with Gasteiger partial charge in [-0.25, -0.2) is 4.79 Å². The van der Waals surface area contributed by atoms with E-state index in [1.165, 1.54) is 13.8 Å². The Hall–Kier alpha value is -1.82. The van der Waals surface area contributed by atoms with Crippen LogP contribution in [0.15, 0.2) is 0 Å². The van der Waals surface area contributed by atoms with Gasteiger partial charge >= 0.3 is 13.1 Å². The summed E-state index contributed by atoms with van der Waals surface area (Å²) < 4.78 is 29.7. The molecule has 2 rings (SSSR count). The Morgan fingerprint density at radius 2 is 1.77 bits per heavy atom. The normalized spacial score (nSPS) is 26.4. The van der Waals surface area contributed by atoms with Crippen LogP contribution in [0.4, 0.5) is 0 Å². The van der Waals surface area contributed by atoms with E-state index in [2.05, 4.69) is 15.4 Å². The van der Waals surface area contributed by atoms with E-state index in [4.69, 9.17) is 21.5 Å². The predicted molar refractivity (Wildman–Crippen MR) is 127 cm³/mol. The van der Waals surface area contributed by atoms with Crippen LogP contribution in [0.2, 0.25) is 6.32 Å². The van der Waals surface area contributed by atoms with Crippen molar-refractivity contribution in [2.24, 2.45) is 17.4 Å². The van der Waals surface area contributed by atoms with Crippen molar-refractivity contribution in [3.05, 3.63) is 0 Å². The fourth-order valence-corrected chi connectivity index (χ4v) is 5.69. The molecule has 0 aromatic rings. The van der Waals surface area contributed by atoms with Crippen LogP contribution in [0.3, 0.4) is 0 Å². The van der Waals surface area contributed by atoms with Crippen LogP contribution in [0.1, 0.15) is 46.5 Å². The van der Waals surface area contributed by atoms with E-state index in [1.54, 1.807) is 6.92 Å². The molecule has 1 saturated carbocycles. The standard InChI is InChI=1S/C19H37BN6O8S/c1-11(21)15(27)23-12(2)16(28)24-19(17(29)30)10-26(9-14(19)5-4-8-20(31)32)35(33,34)25-13(3)18(22)6-7-18/h11-14,25,31-32H,4-10,21-22H2,1-3H3,(H,23,27)(H,24,28)(H,29,30)/t11-,12-,13?,14-,19-/m0/s1. The van der Waals surface area contributed by atoms with Crippen LogP contribution >= 0.6 is 0 Å². The SMILES string of the molecule is CC(NS(=O)(=O)N1C[C@H](CCCB(O)O)[C@](NC(=O)[C@H](C)NC(=O)[C@H](C)N)(C(=O)O)C1)C1(N)CC1. The molecule has 2 amide bonds. The molecule has 10 N–H and O–H groups in total. The Bertz CT molecular complexity index is 915. The zero-order valence-corrected chi connectivity index (χ0v) is 21.0. The van der Waals surface area contributed by atoms with Gasteiger partial charge < -0.3 is 37.3 Å². The number of carbonyl (C=O) groups excluding carboxylic acids is 2. The number of hydrogen-bond donors (Lipinski definition) is 8. The van der Waals surface area contributed by atoms with Crippen LogP contribution in [0.25, 0.3) is 0 Å². The summed E-state index contributed by atoms with van der Waals surface area (Å²) in [6.45, 7) is 3.62. The fraction of sp³-hybridized carbons (Fsp3) is 0.842. The molecule has 2 fully saturated rings. The Morgan fingerprint density at radius 1 is 1.17 bits per heavy atom. The van der Waals surface area contributed by atoms with Crippen LogP contribution in [-0.2, 0) is 24.6 Å². The van der Waals surface area contributed by atoms with Crippen molar-refractivity contribution < 1.29 is 38.0 Å². The van der Waals surface area contributed by atoms with Crippen LogP contribution < -0.4 is 26.8 Å². The van der Waals surface area contributed by atoms with Crippen molar-refractivity contribution >= 4 is 35.1 Å². The molecule has 0 radical (unpaired) electrons. The van der Waals surface area contributed by atoms with Gasteiger partial charge in [0.2, 0.25) is 11.8 Å². The van der Waals surface area contributed by atoms with E-state index in [-0.39, 0.29) is 25.7 Å². The van der Waals surface area contributed by atoms with Gasteiger partial charge in [-0.3, -0.25) is 9.59 Å². The zero-order valence-electron chi connectivity index (χ0n) is 20.2. The van der Waals surface area contributed by atoms with Crippen molar-refractivity contribution in [1.29, 1.82) is 0 Å². The van der Waals surface area contributed by atoms with Crippen molar-refractivity contribution in [2.75, 3.05) is 13.1 Å². The third-order valence-corrected chi connectivity index (χ3v) is 8.42. The molecule has 2 aliphatic rings. The maximum absolute atomic E-state index is 13.1. The highest BCUT2D eigenvalue weighted by molar-refractivity contribution is 7.87. The number of carbonyl (C=O) groups is 3. The highest BCUT2D eigenvalue weighted by Gasteiger charge is 2.57. The Morgan fingerprint density at radius 3 is 2.26 bits per heavy atom. The van der Waals surface area contributed by atoms with Gasteiger partial charge in [0.1, 0.15) is 6.04 Å². The molecule has 1 saturated heterocycles. The third-order valence-electron chi connectivity index (χ3n) is 6.81. The Balaban J connectivity index is 2.28. The lowest BCUT2D eigenvalue weighted by atomic mass is 9.78. The molecule has 1 heterocycles. The van der Waals surface area contributed by atoms with Crippen molar-refractivity contribution in [3.63, 3.8) is 0 Å². The maximum atomic E-state index is 13.1. The zero-order chi connectivity index (χ0) is 26.8. The smallest absolute Gasteiger partial charge is 0.451 e. The van der Waals surface area contributed by atoms with E-state index in [9.17, 15) is 27.9 Å². The number of rotatable bonds is 13. The van der Waals surface area contributed by atoms with Crippen LogP contribution in [0, 0.1) is 5.92 Å². The number of nitrogens with zero attached hydrogens (tertiary/aromatic N) is 1. The molecule has 35 heavy (non-hydrogen) atoms. The first-order valence-corrected chi connectivity index (χ1v) is 13.0. The highest BCUT2D eigenvalue weighted by atomic mass is 32.2. The molecular weight excluding hydrogens is 483 g/mol. The molecule has 0 aromatic heterocycles. The quantitative estimate of drug-likeness (QED) is 0.112. The second kappa shape index (κ2) is 11.1. The summed E-state index contributed by atoms with van der Waals surface area (Å²) in [6.07, 6.45) is 1.52. The third kappa shape index (κ3) is 7.12. The summed E-state index contributed by atoms with van der Waals surface area (Å²) in [7, 11) is -5.77. The second-order valence-corrected chi connectivity index (χ2v) is 11.5. The first-order valence-electron chi connectivity index (χ1n) is 11.6. The van der Waals surface area contributed by atoms with Gasteiger partial charge in [0.25, 0.3) is 10.2 Å². The van der Waals surface area contributed by atoms with E-state index >= 15 is 0 Å². The first-order chi connectivity index (χ1) is 16.0. The number of hydrogen-bond acceptors (Lipinski definition) is 9. The maximum Gasteiger partial charge on any atom is 0.451 e. The summed E-state index contributed by atoms with van der Waals surface area (Å²) in [4.78, 5) is 37.2. The van der Waals surface area contributed by atoms with Crippen molar-refractivity contribution in [1.82, 2.24) is 19.7 Å². The molecular formula is C19H37BN6O8S. The minimum atomic E-state index is -4.16. The summed E-state index contributed by atoms with van der Waals surface area (Å²) in [6, 6.07) is -2.62. The lowest BCUT2D eigenvalue weighted by Crippen LogP contribution is -2.64. The number of carboxylic acid groups (broad SMARTS) is 1. The summed E-state index contributed by atoms with van der Waals surface area (Å²) in [5.41, 5.74) is 8.92. The van der Waals surface area contributed by atoms with E-state index in [0.29, 0.717) is 12.8 Å². The van der Waals surface area contributed by atoms with E-state index in [0.717, 1.165) is 4.31 Å². The van der Waals surface area contributed by atoms with Crippen molar-refractivity contribution in [3.8, 4) is 0 Å². The van der Waals surface area contributed by atoms with E-state index in [1.807, 2.05) is 0 Å². The molecule has 0 bridgehead atoms. The molecule has 5 atom stereocenters. The minimum absolute atomic E-state index is 0.0568. The number of carboxylic acids is 1. The topological polar surface area (TPSA) is 237 Å². The van der Waals surface area contributed by atoms with Gasteiger partial charge in [-0.1, -0.05) is 6.42 Å². The fourth-order valence-electron chi connectivity index (χ4n) is 4.11. The molecule has 16 heteroatoms. The number of aliphatic carboxylic acids is 1. The molecule has 14 nitrogen and oxygen atoms in total. The average molecular weight is 520 g/mol. The first kappa shape index (κ1) is 29.4. The van der Waals surface area contributed by atoms with Crippen LogP contribution in [-0.4, -0.2) is 95.1 Å². The molecule has 0 spiro atoms. The van der Waals surface area contributed by atoms with Crippen LogP contribution in [0.5, 0.6) is 0 Å². The molecule has 200 valence electrons. The van der Waals surface area contributed by atoms with Crippen molar-refractivity contribution in [2.45, 2.75) is 82.0 Å². The average Bonchev–Trinajstić information content (AvgIpc) is 3.38. The Labute approximate surface area is 205 Å². The number of nitrogens with one attached hydrogen (secondary N) is 3. The summed E-state index contributed by atoms with van der Waals surface area (Å²) in [5.74, 6) is -3.78. The van der Waals surface area contributed by atoms with E-state index < -0.39 is 76.8 Å². The summed E-state index contributed by atoms with van der Waals surface area (Å²) in [5, 5.41) is 33.3. The molecule has 1 unspecified atom stereocenters. The number of amides is 2. The lowest BCUT2D eigenvalue weighted by Gasteiger charge is -2.33. The lowest BCUT2D eigenvalue weighted by molar-refractivity contribution is -0.149. The minimum Gasteiger partial charge on any atom is -0.479 e. The van der Waals surface area contributed by atoms with Gasteiger partial charge in [-0.05, 0) is 46.4 Å². The van der Waals surface area contributed by atoms with Gasteiger partial charge in [0, 0.05) is 30.6 Å². The Kier molecular flexibility index (Phi) is 9.30. The number of nitrogens with two attached hydrogens (primary N) is 2. The second-order valence-electron chi connectivity index (χ2n) is 9.76. The molecule has 1 aliphatic carbocycles. The van der Waals surface area contributed by atoms with Gasteiger partial charge in [-0.2, -0.15) is 17.4 Å². The van der Waals surface area contributed by atoms with Gasteiger partial charge in [0.15, 0.2) is 5.54 Å². The molecule has 1 aliphatic heterocycles. The highest BCUT2D eigenvalue weighted by Crippen LogP contribution is 2.37. The summed E-state index contributed by atoms with van der Waals surface area (Å²) >= 11 is 0. The predicted octanol–water partition coefficient (Wildman–Crippen LogP) is -3.32. The monoisotopic (exact) mass is 520 g/mol. The van der Waals surface area contributed by atoms with Gasteiger partial charge in [0.05, 0.1) is 6.04 Å². The largest absolute Gasteiger partial charge is 0.479 e.